The summed E-state index contributed by atoms with van der Waals surface area (Å²) in [6, 6.07) is 13.5. The molecule has 28 heavy (non-hydrogen) atoms. The number of nitrogens with one attached hydrogen (secondary N) is 1. The first-order chi connectivity index (χ1) is 13.6. The molecule has 0 radical (unpaired) electrons. The Labute approximate surface area is 163 Å². The monoisotopic (exact) mass is 397 g/mol. The van der Waals surface area contributed by atoms with Gasteiger partial charge >= 0.3 is 0 Å². The largest absolute Gasteiger partial charge is 0.497 e. The molecule has 2 aromatic carbocycles. The number of methoxy groups -OCH3 is 1. The number of ether oxygens (including phenoxy) is 1. The van der Waals surface area contributed by atoms with Crippen LogP contribution in [0.4, 0.5) is 11.6 Å². The lowest BCUT2D eigenvalue weighted by Gasteiger charge is -2.20. The molecule has 0 bridgehead atoms. The van der Waals surface area contributed by atoms with Gasteiger partial charge in [0.25, 0.3) is 11.6 Å². The summed E-state index contributed by atoms with van der Waals surface area (Å²) in [6.07, 6.45) is 0. The molecule has 9 nitrogen and oxygen atoms in total. The number of benzene rings is 2. The summed E-state index contributed by atoms with van der Waals surface area (Å²) in [5, 5.41) is 17.6. The molecule has 0 unspecified atom stereocenters. The lowest BCUT2D eigenvalue weighted by molar-refractivity contribution is -0.384. The summed E-state index contributed by atoms with van der Waals surface area (Å²) in [5.41, 5.74) is 1.59. The van der Waals surface area contributed by atoms with Crippen molar-refractivity contribution in [3.05, 3.63) is 64.2 Å². The van der Waals surface area contributed by atoms with E-state index in [0.29, 0.717) is 5.82 Å². The average molecular weight is 397 g/mol. The maximum absolute atomic E-state index is 12.4. The zero-order valence-electron chi connectivity index (χ0n) is 14.7. The molecule has 4 rings (SSSR count). The third-order valence-electron chi connectivity index (χ3n) is 4.31. The van der Waals surface area contributed by atoms with Crippen molar-refractivity contribution in [2.45, 2.75) is 5.37 Å². The van der Waals surface area contributed by atoms with E-state index in [1.54, 1.807) is 19.2 Å². The Morgan fingerprint density at radius 3 is 2.57 bits per heavy atom. The molecule has 0 aliphatic carbocycles. The lowest BCUT2D eigenvalue weighted by Crippen LogP contribution is -2.28. The number of nitro benzene ring substituents is 1. The van der Waals surface area contributed by atoms with Gasteiger partial charge in [-0.05, 0) is 42.0 Å². The highest BCUT2D eigenvalue weighted by Gasteiger charge is 2.36. The van der Waals surface area contributed by atoms with Crippen LogP contribution in [0.3, 0.4) is 0 Å². The first kappa shape index (κ1) is 18.0. The van der Waals surface area contributed by atoms with Crippen molar-refractivity contribution in [2.24, 2.45) is 0 Å². The maximum atomic E-state index is 12.4. The summed E-state index contributed by atoms with van der Waals surface area (Å²) >= 11 is 1.43. The summed E-state index contributed by atoms with van der Waals surface area (Å²) in [4.78, 5) is 28.8. The van der Waals surface area contributed by atoms with Gasteiger partial charge in [-0.25, -0.2) is 0 Å². The van der Waals surface area contributed by atoms with Crippen molar-refractivity contribution in [3.63, 3.8) is 0 Å². The van der Waals surface area contributed by atoms with Gasteiger partial charge in [-0.1, -0.05) is 0 Å². The zero-order chi connectivity index (χ0) is 19.7. The number of nitrogens with zero attached hydrogens (tertiary/aromatic N) is 4. The Morgan fingerprint density at radius 2 is 1.93 bits per heavy atom. The van der Waals surface area contributed by atoms with E-state index >= 15 is 0 Å². The minimum Gasteiger partial charge on any atom is -0.497 e. The number of H-pyrrole nitrogens is 1. The molecule has 3 aromatic rings. The van der Waals surface area contributed by atoms with Crippen molar-refractivity contribution < 1.29 is 14.5 Å². The number of thioether (sulfide) groups is 1. The van der Waals surface area contributed by atoms with E-state index in [1.165, 1.54) is 28.8 Å². The first-order valence-electron chi connectivity index (χ1n) is 8.31. The molecule has 1 saturated heterocycles. The number of carbonyl (C=O) groups is 1. The Bertz CT molecular complexity index is 1020. The Hall–Kier alpha value is -3.40. The Morgan fingerprint density at radius 1 is 1.21 bits per heavy atom. The van der Waals surface area contributed by atoms with Crippen LogP contribution >= 0.6 is 11.8 Å². The van der Waals surface area contributed by atoms with Crippen LogP contribution < -0.4 is 9.64 Å². The van der Waals surface area contributed by atoms with E-state index < -0.39 is 4.92 Å². The van der Waals surface area contributed by atoms with Crippen molar-refractivity contribution in [2.75, 3.05) is 17.8 Å². The number of rotatable bonds is 5. The number of non-ortho nitro benzene ring substituents is 1. The van der Waals surface area contributed by atoms with Crippen LogP contribution in [0.5, 0.6) is 5.75 Å². The van der Waals surface area contributed by atoms with E-state index in [0.717, 1.165) is 16.9 Å². The van der Waals surface area contributed by atoms with Gasteiger partial charge in [0.05, 0.1) is 17.8 Å². The number of carbonyl (C=O) groups excluding carboxylic acids is 1. The second-order valence-corrected chi connectivity index (χ2v) is 7.06. The number of hydrogen-bond acceptors (Lipinski definition) is 7. The summed E-state index contributed by atoms with van der Waals surface area (Å²) in [6.45, 7) is 0. The molecule has 1 aromatic heterocycles. The summed E-state index contributed by atoms with van der Waals surface area (Å²) in [7, 11) is 1.59. The van der Waals surface area contributed by atoms with Crippen molar-refractivity contribution in [3.8, 4) is 17.1 Å². The van der Waals surface area contributed by atoms with E-state index in [4.69, 9.17) is 4.74 Å². The van der Waals surface area contributed by atoms with Crippen LogP contribution in [0.25, 0.3) is 11.4 Å². The van der Waals surface area contributed by atoms with Gasteiger partial charge < -0.3 is 4.74 Å². The van der Waals surface area contributed by atoms with Crippen LogP contribution in [0, 0.1) is 10.1 Å². The molecule has 1 aliphatic heterocycles. The van der Waals surface area contributed by atoms with E-state index in [2.05, 4.69) is 15.2 Å². The SMILES string of the molecule is COc1ccc(-c2nc(N3C(=O)CS[C@H]3c3ccc([N+](=O)[O-])cc3)n[nH]2)cc1. The van der Waals surface area contributed by atoms with Gasteiger partial charge in [-0.15, -0.1) is 16.9 Å². The molecule has 1 amide bonds. The highest BCUT2D eigenvalue weighted by atomic mass is 32.2. The molecule has 2 heterocycles. The van der Waals surface area contributed by atoms with E-state index in [-0.39, 0.29) is 28.7 Å². The van der Waals surface area contributed by atoms with E-state index in [9.17, 15) is 14.9 Å². The van der Waals surface area contributed by atoms with Crippen molar-refractivity contribution >= 4 is 29.3 Å². The number of nitro groups is 1. The van der Waals surface area contributed by atoms with Crippen molar-refractivity contribution in [1.29, 1.82) is 0 Å². The van der Waals surface area contributed by atoms with Gasteiger partial charge in [0.2, 0.25) is 5.91 Å². The normalized spacial score (nSPS) is 16.4. The number of aromatic nitrogens is 3. The highest BCUT2D eigenvalue weighted by molar-refractivity contribution is 8.00. The van der Waals surface area contributed by atoms with Crippen LogP contribution in [0.1, 0.15) is 10.9 Å². The molecule has 1 atom stereocenters. The predicted molar refractivity (Wildman–Crippen MR) is 104 cm³/mol. The molecule has 142 valence electrons. The fraction of sp³-hybridized carbons (Fsp3) is 0.167. The maximum Gasteiger partial charge on any atom is 0.269 e. The van der Waals surface area contributed by atoms with Crippen molar-refractivity contribution in [1.82, 2.24) is 15.2 Å². The van der Waals surface area contributed by atoms with E-state index in [1.807, 2.05) is 24.3 Å². The average Bonchev–Trinajstić information content (AvgIpc) is 3.34. The Balaban J connectivity index is 1.62. The number of anilines is 1. The van der Waals surface area contributed by atoms with Gasteiger partial charge in [0, 0.05) is 17.7 Å². The first-order valence-corrected chi connectivity index (χ1v) is 9.36. The second kappa shape index (κ2) is 7.31. The summed E-state index contributed by atoms with van der Waals surface area (Å²) in [5.74, 6) is 1.70. The molecule has 0 spiro atoms. The van der Waals surface area contributed by atoms with Gasteiger partial charge in [0.15, 0.2) is 5.82 Å². The minimum absolute atomic E-state index is 0.00399. The molecular formula is C18H15N5O4S. The zero-order valence-corrected chi connectivity index (χ0v) is 15.5. The molecule has 1 fully saturated rings. The van der Waals surface area contributed by atoms with Gasteiger partial charge in [-0.3, -0.25) is 24.9 Å². The number of amides is 1. The molecule has 10 heteroatoms. The van der Waals surface area contributed by atoms with Crippen LogP contribution in [0.2, 0.25) is 0 Å². The predicted octanol–water partition coefficient (Wildman–Crippen LogP) is 3.17. The van der Waals surface area contributed by atoms with Crippen LogP contribution in [-0.4, -0.2) is 38.9 Å². The highest BCUT2D eigenvalue weighted by Crippen LogP contribution is 2.41. The molecule has 1 N–H and O–H groups in total. The Kier molecular flexibility index (Phi) is 4.70. The number of hydrogen-bond donors (Lipinski definition) is 1. The molecule has 0 saturated carbocycles. The third kappa shape index (κ3) is 3.29. The quantitative estimate of drug-likeness (QED) is 0.519. The second-order valence-electron chi connectivity index (χ2n) is 5.99. The topological polar surface area (TPSA) is 114 Å². The number of aromatic amines is 1. The lowest BCUT2D eigenvalue weighted by atomic mass is 10.2. The summed E-state index contributed by atoms with van der Waals surface area (Å²) < 4.78 is 5.15. The fourth-order valence-electron chi connectivity index (χ4n) is 2.89. The van der Waals surface area contributed by atoms with Gasteiger partial charge in [0.1, 0.15) is 11.1 Å². The molecule has 1 aliphatic rings. The van der Waals surface area contributed by atoms with Crippen LogP contribution in [-0.2, 0) is 4.79 Å². The van der Waals surface area contributed by atoms with Crippen LogP contribution in [0.15, 0.2) is 48.5 Å². The standard InChI is InChI=1S/C18H15N5O4S/c1-27-14-8-4-11(5-9-14)16-19-18(21-20-16)22-15(24)10-28-17(22)12-2-6-13(7-3-12)23(25)26/h2-9,17H,10H2,1H3,(H,19,20,21)/t17-/m0/s1. The van der Waals surface area contributed by atoms with Gasteiger partial charge in [-0.2, -0.15) is 4.98 Å². The smallest absolute Gasteiger partial charge is 0.269 e. The minimum atomic E-state index is -0.453. The third-order valence-corrected chi connectivity index (χ3v) is 5.52. The fourth-order valence-corrected chi connectivity index (χ4v) is 4.04. The molecular weight excluding hydrogens is 382 g/mol.